The van der Waals surface area contributed by atoms with Crippen molar-refractivity contribution >= 4 is 17.5 Å². The quantitative estimate of drug-likeness (QED) is 0.756. The van der Waals surface area contributed by atoms with E-state index in [0.29, 0.717) is 25.2 Å². The number of nitrogens with one attached hydrogen (secondary N) is 1. The molecule has 1 aliphatic carbocycles. The highest BCUT2D eigenvalue weighted by molar-refractivity contribution is 6.01. The summed E-state index contributed by atoms with van der Waals surface area (Å²) >= 11 is 0. The number of anilines is 1. The van der Waals surface area contributed by atoms with Gasteiger partial charge in [0.15, 0.2) is 0 Å². The highest BCUT2D eigenvalue weighted by Gasteiger charge is 2.25. The number of amides is 2. The minimum absolute atomic E-state index is 0.0695. The summed E-state index contributed by atoms with van der Waals surface area (Å²) in [6.07, 6.45) is 4.20. The first-order valence-corrected chi connectivity index (χ1v) is 10.9. The van der Waals surface area contributed by atoms with Crippen LogP contribution < -0.4 is 16.0 Å². The van der Waals surface area contributed by atoms with E-state index in [-0.39, 0.29) is 17.9 Å². The van der Waals surface area contributed by atoms with Crippen LogP contribution in [0.1, 0.15) is 36.8 Å². The van der Waals surface area contributed by atoms with Crippen molar-refractivity contribution in [2.45, 2.75) is 50.6 Å². The van der Waals surface area contributed by atoms with Gasteiger partial charge in [0.2, 0.25) is 11.8 Å². The van der Waals surface area contributed by atoms with Crippen LogP contribution in [0.3, 0.4) is 0 Å². The number of nitrogens with zero attached hydrogens (tertiary/aromatic N) is 2. The zero-order valence-electron chi connectivity index (χ0n) is 17.8. The first-order chi connectivity index (χ1) is 14.9. The van der Waals surface area contributed by atoms with Crippen molar-refractivity contribution in [3.05, 3.63) is 53.6 Å². The van der Waals surface area contributed by atoms with Crippen LogP contribution in [0.5, 0.6) is 0 Å². The maximum Gasteiger partial charge on any atom is 0.231 e. The summed E-state index contributed by atoms with van der Waals surface area (Å²) in [4.78, 5) is 25.9. The Labute approximate surface area is 183 Å². The van der Waals surface area contributed by atoms with E-state index in [4.69, 9.17) is 5.73 Å². The molecule has 0 unspecified atom stereocenters. The number of nitrogens with two attached hydrogens (primary N) is 1. The third-order valence-corrected chi connectivity index (χ3v) is 6.43. The molecule has 0 spiro atoms. The van der Waals surface area contributed by atoms with E-state index in [0.717, 1.165) is 47.2 Å². The molecule has 4 rings (SSSR count). The van der Waals surface area contributed by atoms with E-state index in [2.05, 4.69) is 17.5 Å². The van der Waals surface area contributed by atoms with Crippen LogP contribution in [0.15, 0.2) is 42.5 Å². The minimum atomic E-state index is -0.546. The molecular weight excluding hydrogens is 388 g/mol. The second-order valence-electron chi connectivity index (χ2n) is 8.77. The Kier molecular flexibility index (Phi) is 6.06. The molecule has 2 aliphatic rings. The van der Waals surface area contributed by atoms with E-state index in [1.165, 1.54) is 0 Å². The highest BCUT2D eigenvalue weighted by Crippen LogP contribution is 2.32. The zero-order chi connectivity index (χ0) is 22.0. The molecule has 0 bridgehead atoms. The molecule has 1 heterocycles. The number of carbonyl (C=O) groups is 2. The van der Waals surface area contributed by atoms with Crippen molar-refractivity contribution in [3.63, 3.8) is 0 Å². The van der Waals surface area contributed by atoms with Gasteiger partial charge in [-0.25, -0.2) is 0 Å². The monoisotopic (exact) mass is 416 g/mol. The van der Waals surface area contributed by atoms with Crippen LogP contribution in [-0.2, 0) is 22.4 Å². The van der Waals surface area contributed by atoms with Gasteiger partial charge >= 0.3 is 0 Å². The average molecular weight is 417 g/mol. The van der Waals surface area contributed by atoms with Crippen LogP contribution in [0, 0.1) is 17.2 Å². The lowest BCUT2D eigenvalue weighted by molar-refractivity contribution is -0.122. The molecule has 1 fully saturated rings. The second kappa shape index (κ2) is 8.91. The van der Waals surface area contributed by atoms with E-state index < -0.39 is 6.04 Å². The topological polar surface area (TPSA) is 99.2 Å². The number of hydrogen-bond donors (Lipinski definition) is 2. The fourth-order valence-corrected chi connectivity index (χ4v) is 4.66. The van der Waals surface area contributed by atoms with Crippen LogP contribution >= 0.6 is 0 Å². The lowest BCUT2D eigenvalue weighted by Crippen LogP contribution is -2.36. The van der Waals surface area contributed by atoms with Gasteiger partial charge < -0.3 is 16.0 Å². The Morgan fingerprint density at radius 2 is 1.97 bits per heavy atom. The Morgan fingerprint density at radius 1 is 1.23 bits per heavy atom. The molecule has 2 aromatic rings. The molecule has 3 atom stereocenters. The van der Waals surface area contributed by atoms with Gasteiger partial charge in [0.1, 0.15) is 6.04 Å². The number of benzene rings is 2. The van der Waals surface area contributed by atoms with E-state index in [1.807, 2.05) is 36.4 Å². The Balaban J connectivity index is 1.37. The highest BCUT2D eigenvalue weighted by atomic mass is 16.2. The standard InChI is InChI=1S/C25H28N4O2/c1-29-23-9-7-19(13-20(23)14-25(29)31)18-5-2-16(3-6-18)11-22(15-26)28-24(30)12-17-4-8-21(27)10-17/h2-3,5-7,9,13,17,21-22H,4,8,10-12,14,27H2,1H3,(H,28,30)/t17-,21+,22-/m0/s1. The maximum atomic E-state index is 12.3. The molecule has 31 heavy (non-hydrogen) atoms. The fraction of sp³-hybridized carbons (Fsp3) is 0.400. The third-order valence-electron chi connectivity index (χ3n) is 6.43. The normalized spacial score (nSPS) is 20.9. The van der Waals surface area contributed by atoms with Gasteiger partial charge in [-0.3, -0.25) is 9.59 Å². The fourth-order valence-electron chi connectivity index (χ4n) is 4.66. The zero-order valence-corrected chi connectivity index (χ0v) is 17.8. The molecule has 0 saturated heterocycles. The summed E-state index contributed by atoms with van der Waals surface area (Å²) in [5, 5.41) is 12.4. The Bertz CT molecular complexity index is 1020. The summed E-state index contributed by atoms with van der Waals surface area (Å²) in [5.41, 5.74) is 11.1. The van der Waals surface area contributed by atoms with Crippen LogP contribution in [0.4, 0.5) is 5.69 Å². The predicted octanol–water partition coefficient (Wildman–Crippen LogP) is 2.94. The van der Waals surface area contributed by atoms with Gasteiger partial charge in [-0.15, -0.1) is 0 Å². The van der Waals surface area contributed by atoms with Gasteiger partial charge in [0, 0.05) is 31.6 Å². The predicted molar refractivity (Wildman–Crippen MR) is 120 cm³/mol. The van der Waals surface area contributed by atoms with Gasteiger partial charge in [0.25, 0.3) is 0 Å². The molecule has 6 nitrogen and oxygen atoms in total. The number of hydrogen-bond acceptors (Lipinski definition) is 4. The largest absolute Gasteiger partial charge is 0.340 e. The van der Waals surface area contributed by atoms with E-state index >= 15 is 0 Å². The van der Waals surface area contributed by atoms with Crippen molar-refractivity contribution in [1.29, 1.82) is 5.26 Å². The molecule has 160 valence electrons. The summed E-state index contributed by atoms with van der Waals surface area (Å²) in [5.74, 6) is 0.374. The Hall–Kier alpha value is -3.17. The molecule has 1 aliphatic heterocycles. The minimum Gasteiger partial charge on any atom is -0.340 e. The Morgan fingerprint density at radius 3 is 2.65 bits per heavy atom. The van der Waals surface area contributed by atoms with Crippen LogP contribution in [-0.4, -0.2) is 30.9 Å². The molecule has 6 heteroatoms. The molecule has 1 saturated carbocycles. The molecule has 0 aromatic heterocycles. The van der Waals surface area contributed by atoms with Crippen LogP contribution in [0.2, 0.25) is 0 Å². The molecule has 3 N–H and O–H groups in total. The summed E-state index contributed by atoms with van der Waals surface area (Å²) in [6.45, 7) is 0. The lowest BCUT2D eigenvalue weighted by atomic mass is 9.98. The van der Waals surface area contributed by atoms with Crippen molar-refractivity contribution in [2.24, 2.45) is 11.7 Å². The average Bonchev–Trinajstić information content (AvgIpc) is 3.29. The summed E-state index contributed by atoms with van der Waals surface area (Å²) < 4.78 is 0. The molecule has 2 amide bonds. The van der Waals surface area contributed by atoms with Crippen molar-refractivity contribution in [3.8, 4) is 17.2 Å². The van der Waals surface area contributed by atoms with Gasteiger partial charge in [-0.1, -0.05) is 30.3 Å². The van der Waals surface area contributed by atoms with Gasteiger partial charge in [-0.05, 0) is 59.6 Å². The molecular formula is C25H28N4O2. The lowest BCUT2D eigenvalue weighted by Gasteiger charge is -2.15. The molecule has 0 radical (unpaired) electrons. The van der Waals surface area contributed by atoms with Crippen molar-refractivity contribution < 1.29 is 9.59 Å². The van der Waals surface area contributed by atoms with Crippen molar-refractivity contribution in [1.82, 2.24) is 5.32 Å². The first kappa shape index (κ1) is 21.1. The third kappa shape index (κ3) is 4.78. The number of carbonyl (C=O) groups excluding carboxylic acids is 2. The summed E-state index contributed by atoms with van der Waals surface area (Å²) in [6, 6.07) is 16.0. The maximum absolute atomic E-state index is 12.3. The van der Waals surface area contributed by atoms with E-state index in [9.17, 15) is 14.9 Å². The number of fused-ring (bicyclic) bond motifs is 1. The number of rotatable bonds is 6. The summed E-state index contributed by atoms with van der Waals surface area (Å²) in [7, 11) is 1.80. The smallest absolute Gasteiger partial charge is 0.231 e. The SMILES string of the molecule is CN1C(=O)Cc2cc(-c3ccc(C[C@@H](C#N)NC(=O)C[C@H]4CC[C@@H](N)C4)cc3)ccc21. The number of likely N-dealkylation sites (N-methyl/N-ethyl adjacent to an activating group) is 1. The first-order valence-electron chi connectivity index (χ1n) is 10.9. The van der Waals surface area contributed by atoms with Crippen molar-refractivity contribution in [2.75, 3.05) is 11.9 Å². The molecule has 2 aromatic carbocycles. The number of nitriles is 1. The van der Waals surface area contributed by atoms with E-state index in [1.54, 1.807) is 11.9 Å². The van der Waals surface area contributed by atoms with Gasteiger partial charge in [-0.2, -0.15) is 5.26 Å². The second-order valence-corrected chi connectivity index (χ2v) is 8.77. The van der Waals surface area contributed by atoms with Gasteiger partial charge in [0.05, 0.1) is 12.5 Å². The van der Waals surface area contributed by atoms with Crippen LogP contribution in [0.25, 0.3) is 11.1 Å².